The summed E-state index contributed by atoms with van der Waals surface area (Å²) in [4.78, 5) is 17.8. The smallest absolute Gasteiger partial charge is 0.161 e. The summed E-state index contributed by atoms with van der Waals surface area (Å²) >= 11 is 0.149. The number of unbranched alkanes of at least 4 members (excludes halogenated alkanes) is 2. The van der Waals surface area contributed by atoms with Crippen molar-refractivity contribution in [1.82, 2.24) is 0 Å². The van der Waals surface area contributed by atoms with Gasteiger partial charge < -0.3 is 0 Å². The zero-order valence-corrected chi connectivity index (χ0v) is 29.2. The van der Waals surface area contributed by atoms with Crippen molar-refractivity contribution in [3.05, 3.63) is 60.7 Å². The minimum atomic E-state index is -2.00. The Morgan fingerprint density at radius 3 is 1.23 bits per heavy atom. The monoisotopic (exact) mass is 660 g/mol. The Hall–Kier alpha value is -0.208. The molecule has 2 unspecified atom stereocenters. The first-order chi connectivity index (χ1) is 16.5. The Kier molecular flexibility index (Phi) is 19.7. The molecular weight excluding hydrogens is 613 g/mol. The van der Waals surface area contributed by atoms with E-state index in [9.17, 15) is 9.13 Å². The van der Waals surface area contributed by atoms with E-state index < -0.39 is 32.2 Å². The van der Waals surface area contributed by atoms with Crippen LogP contribution in [0.1, 0.15) is 39.5 Å². The zero-order valence-electron chi connectivity index (χ0n) is 22.5. The van der Waals surface area contributed by atoms with Crippen molar-refractivity contribution >= 4 is 63.7 Å². The second-order valence-corrected chi connectivity index (χ2v) is 26.9. The van der Waals surface area contributed by atoms with E-state index in [4.69, 9.17) is 9.79 Å². The van der Waals surface area contributed by atoms with Gasteiger partial charge in [0.1, 0.15) is 16.1 Å². The van der Waals surface area contributed by atoms with Gasteiger partial charge in [-0.1, -0.05) is 97.2 Å². The maximum atomic E-state index is 10.8. The third kappa shape index (κ3) is 17.8. The average molecular weight is 659 g/mol. The predicted molar refractivity (Wildman–Crippen MR) is 162 cm³/mol. The van der Waals surface area contributed by atoms with E-state index in [-0.39, 0.29) is 21.1 Å². The molecule has 2 aromatic carbocycles. The van der Waals surface area contributed by atoms with Gasteiger partial charge in [0.25, 0.3) is 0 Å². The molecule has 2 rings (SSSR count). The molecule has 0 fully saturated rings. The van der Waals surface area contributed by atoms with Gasteiger partial charge in [0.2, 0.25) is 0 Å². The summed E-state index contributed by atoms with van der Waals surface area (Å²) in [6.07, 6.45) is 5.84. The van der Waals surface area contributed by atoms with Crippen LogP contribution in [0, 0.1) is 0 Å². The van der Waals surface area contributed by atoms with Crippen molar-refractivity contribution in [2.75, 3.05) is 11.6 Å². The van der Waals surface area contributed by atoms with E-state index in [0.29, 0.717) is 11.6 Å². The average Bonchev–Trinajstić information content (AvgIpc) is 2.79. The van der Waals surface area contributed by atoms with E-state index in [0.717, 1.165) is 0 Å². The molecule has 0 aliphatic heterocycles. The summed E-state index contributed by atoms with van der Waals surface area (Å²) in [6.45, 7) is 13.0. The van der Waals surface area contributed by atoms with Crippen molar-refractivity contribution in [3.63, 3.8) is 0 Å². The number of hydrogen-bond donors (Lipinski definition) is 2. The molecule has 0 spiro atoms. The Balaban J connectivity index is 0.000000506. The summed E-state index contributed by atoms with van der Waals surface area (Å²) in [5.41, 5.74) is 0. The Morgan fingerprint density at radius 1 is 0.657 bits per heavy atom. The van der Waals surface area contributed by atoms with Gasteiger partial charge in [-0.15, -0.1) is 0 Å². The van der Waals surface area contributed by atoms with E-state index in [2.05, 4.69) is 40.0 Å². The quantitative estimate of drug-likeness (QED) is 0.148. The number of rotatable bonds is 12. The second kappa shape index (κ2) is 19.8. The third-order valence-corrected chi connectivity index (χ3v) is 21.9. The van der Waals surface area contributed by atoms with Crippen LogP contribution >= 0.6 is 16.1 Å². The van der Waals surface area contributed by atoms with E-state index in [1.807, 2.05) is 60.7 Å². The summed E-state index contributed by atoms with van der Waals surface area (Å²) < 4.78 is 24.8. The Morgan fingerprint density at radius 2 is 0.971 bits per heavy atom. The molecule has 0 aromatic heterocycles. The first-order valence-electron chi connectivity index (χ1n) is 12.5. The standard InChI is InChI=1S/2C9H13O2PSi.2C4H9.Sn/c2*1-13(2,8-12(10)11)9-6-4-3-5-7-9;2*1-3-4-2;/h2*3-7H,8H2,1-2H3;2*1,3-4H2,2H3;/p+2. The number of benzene rings is 2. The number of hydrogen-bond acceptors (Lipinski definition) is 2. The molecule has 0 saturated heterocycles. The van der Waals surface area contributed by atoms with Gasteiger partial charge in [-0.25, -0.2) is 0 Å². The van der Waals surface area contributed by atoms with Crippen molar-refractivity contribution < 1.29 is 18.9 Å². The van der Waals surface area contributed by atoms with Crippen LogP contribution in [0.15, 0.2) is 60.7 Å². The first kappa shape index (κ1) is 34.8. The third-order valence-electron chi connectivity index (χ3n) is 5.59. The first-order valence-corrected chi connectivity index (χ1v) is 25.8. The summed E-state index contributed by atoms with van der Waals surface area (Å²) in [5.74, 6) is 0.901. The fourth-order valence-corrected chi connectivity index (χ4v) is 16.6. The normalized spacial score (nSPS) is 12.0. The maximum absolute atomic E-state index is 10.8. The van der Waals surface area contributed by atoms with Crippen LogP contribution in [0.3, 0.4) is 0 Å². The zero-order chi connectivity index (χ0) is 26.7. The molecule has 2 N–H and O–H groups in total. The summed E-state index contributed by atoms with van der Waals surface area (Å²) in [6, 6.07) is 20.0. The molecule has 2 aromatic rings. The van der Waals surface area contributed by atoms with E-state index >= 15 is 0 Å². The van der Waals surface area contributed by atoms with Crippen LogP contribution in [0.5, 0.6) is 0 Å². The maximum Gasteiger partial charge on any atom is 0.501 e. The van der Waals surface area contributed by atoms with Crippen molar-refractivity contribution in [2.24, 2.45) is 0 Å². The van der Waals surface area contributed by atoms with Crippen LogP contribution in [0.25, 0.3) is 0 Å². The van der Waals surface area contributed by atoms with Crippen molar-refractivity contribution in [1.29, 1.82) is 0 Å². The second-order valence-electron chi connectivity index (χ2n) is 9.98. The molecule has 0 aliphatic carbocycles. The molecule has 0 amide bonds. The van der Waals surface area contributed by atoms with Crippen molar-refractivity contribution in [2.45, 2.75) is 74.6 Å². The fraction of sp³-hybridized carbons (Fsp3) is 0.538. The summed E-state index contributed by atoms with van der Waals surface area (Å²) in [7, 11) is -7.35. The molecule has 2 radical (unpaired) electrons. The molecular formula is C26H46O4P2Si2Sn+2. The van der Waals surface area contributed by atoms with Gasteiger partial charge in [-0.3, -0.25) is 0 Å². The molecule has 0 heterocycles. The van der Waals surface area contributed by atoms with Crippen LogP contribution in [-0.2, 0) is 9.13 Å². The largest absolute Gasteiger partial charge is 0.501 e. The van der Waals surface area contributed by atoms with Crippen LogP contribution in [0.4, 0.5) is 0 Å². The molecule has 0 bridgehead atoms. The molecule has 0 aliphatic rings. The van der Waals surface area contributed by atoms with Crippen LogP contribution in [-0.4, -0.2) is 58.6 Å². The topological polar surface area (TPSA) is 74.6 Å². The van der Waals surface area contributed by atoms with Gasteiger partial charge in [0, 0.05) is 0 Å². The Labute approximate surface area is 228 Å². The van der Waals surface area contributed by atoms with Gasteiger partial charge in [0.05, 0.1) is 0 Å². The fourth-order valence-electron chi connectivity index (χ4n) is 3.37. The molecule has 35 heavy (non-hydrogen) atoms. The van der Waals surface area contributed by atoms with Crippen LogP contribution in [0.2, 0.25) is 35.1 Å². The van der Waals surface area contributed by atoms with Crippen molar-refractivity contribution in [3.8, 4) is 0 Å². The van der Waals surface area contributed by atoms with E-state index in [1.54, 1.807) is 8.87 Å². The van der Waals surface area contributed by atoms with Gasteiger partial charge in [-0.05, 0) is 9.13 Å². The predicted octanol–water partition coefficient (Wildman–Crippen LogP) is 6.88. The minimum Gasteiger partial charge on any atom is -0.161 e. The SMILES string of the molecule is CCC[CH2][Sn][CH2]CCC.C[Si](C)(C[P+](=O)O)c1ccccc1.C[Si](C)(C[P+](=O)O)c1ccccc1. The van der Waals surface area contributed by atoms with E-state index in [1.165, 1.54) is 36.1 Å². The molecule has 0 saturated carbocycles. The summed E-state index contributed by atoms with van der Waals surface area (Å²) in [5, 5.41) is 2.49. The minimum absolute atomic E-state index is 0.149. The molecule has 194 valence electrons. The molecule has 9 heteroatoms. The molecule has 4 nitrogen and oxygen atoms in total. The van der Waals surface area contributed by atoms with Gasteiger partial charge in [0.15, 0.2) is 11.6 Å². The van der Waals surface area contributed by atoms with Gasteiger partial charge in [-0.2, -0.15) is 9.79 Å². The Bertz CT molecular complexity index is 768. The molecule has 2 atom stereocenters. The van der Waals surface area contributed by atoms with Gasteiger partial charge >= 0.3 is 85.6 Å². The van der Waals surface area contributed by atoms with Crippen LogP contribution < -0.4 is 10.4 Å².